The lowest BCUT2D eigenvalue weighted by atomic mass is 10.2. The maximum absolute atomic E-state index is 12.0. The smallest absolute Gasteiger partial charge is 0.412 e. The Morgan fingerprint density at radius 1 is 1.04 bits per heavy atom. The Morgan fingerprint density at radius 3 is 2.16 bits per heavy atom. The molecule has 0 aliphatic heterocycles. The first-order valence-electron chi connectivity index (χ1n) is 7.85. The molecule has 2 N–H and O–H groups in total. The van der Waals surface area contributed by atoms with Crippen molar-refractivity contribution in [2.45, 2.75) is 39.2 Å². The van der Waals surface area contributed by atoms with Gasteiger partial charge in [-0.2, -0.15) is 0 Å². The minimum absolute atomic E-state index is 0.0719. The van der Waals surface area contributed by atoms with Crippen molar-refractivity contribution in [3.05, 3.63) is 45.6 Å². The van der Waals surface area contributed by atoms with E-state index < -0.39 is 11.7 Å². The summed E-state index contributed by atoms with van der Waals surface area (Å²) in [5.74, 6) is -0.0719. The minimum atomic E-state index is -0.551. The van der Waals surface area contributed by atoms with Crippen LogP contribution >= 0.6 is 22.9 Å². The van der Waals surface area contributed by atoms with Gasteiger partial charge in [-0.3, -0.25) is 10.1 Å². The van der Waals surface area contributed by atoms with Crippen LogP contribution in [0, 0.1) is 0 Å². The maximum Gasteiger partial charge on any atom is 0.412 e. The third-order valence-corrected chi connectivity index (χ3v) is 4.33. The summed E-state index contributed by atoms with van der Waals surface area (Å²) in [6.45, 7) is 5.40. The highest BCUT2D eigenvalue weighted by Crippen LogP contribution is 2.22. The van der Waals surface area contributed by atoms with E-state index >= 15 is 0 Å². The number of halogens is 1. The number of nitrogens with one attached hydrogen (secondary N) is 2. The van der Waals surface area contributed by atoms with Crippen molar-refractivity contribution < 1.29 is 14.3 Å². The number of aryl methyl sites for hydroxylation is 1. The highest BCUT2D eigenvalue weighted by atomic mass is 35.5. The molecule has 1 aromatic heterocycles. The number of hydrogen-bond donors (Lipinski definition) is 2. The number of carbonyl (C=O) groups is 2. The lowest BCUT2D eigenvalue weighted by molar-refractivity contribution is -0.116. The second-order valence-corrected chi connectivity index (χ2v) is 8.26. The van der Waals surface area contributed by atoms with Gasteiger partial charge in [-0.1, -0.05) is 11.6 Å². The molecular formula is C18H21ClN2O3S. The molecular weight excluding hydrogens is 360 g/mol. The Kier molecular flexibility index (Phi) is 6.45. The van der Waals surface area contributed by atoms with Crippen molar-refractivity contribution in [1.82, 2.24) is 0 Å². The molecule has 0 aliphatic carbocycles. The van der Waals surface area contributed by atoms with E-state index in [1.54, 1.807) is 45.0 Å². The second-order valence-electron chi connectivity index (χ2n) is 6.46. The Morgan fingerprint density at radius 2 is 1.64 bits per heavy atom. The fourth-order valence-electron chi connectivity index (χ4n) is 2.00. The van der Waals surface area contributed by atoms with Crippen molar-refractivity contribution in [3.63, 3.8) is 0 Å². The highest BCUT2D eigenvalue weighted by molar-refractivity contribution is 7.16. The molecule has 0 unspecified atom stereocenters. The summed E-state index contributed by atoms with van der Waals surface area (Å²) in [5.41, 5.74) is 0.717. The summed E-state index contributed by atoms with van der Waals surface area (Å²) in [5, 5.41) is 5.47. The van der Waals surface area contributed by atoms with Gasteiger partial charge in [0.25, 0.3) is 0 Å². The van der Waals surface area contributed by atoms with E-state index in [1.165, 1.54) is 11.3 Å². The molecule has 0 aliphatic rings. The zero-order valence-electron chi connectivity index (χ0n) is 14.4. The van der Waals surface area contributed by atoms with Gasteiger partial charge in [0, 0.05) is 22.7 Å². The van der Waals surface area contributed by atoms with Gasteiger partial charge in [-0.05, 0) is 63.6 Å². The predicted octanol–water partition coefficient (Wildman–Crippen LogP) is 5.32. The molecule has 2 aromatic rings. The molecule has 0 spiro atoms. The van der Waals surface area contributed by atoms with Crippen LogP contribution in [0.25, 0.3) is 0 Å². The summed E-state index contributed by atoms with van der Waals surface area (Å²) in [6, 6.07) is 10.6. The lowest BCUT2D eigenvalue weighted by Gasteiger charge is -2.19. The maximum atomic E-state index is 12.0. The standard InChI is InChI=1S/C18H21ClN2O3S/c1-18(2,3)24-17(23)21-13-6-4-12(5-7-13)20-16(22)11-9-14-8-10-15(19)25-14/h4-8,10H,9,11H2,1-3H3,(H,20,22)(H,21,23). The molecule has 0 fully saturated rings. The van der Waals surface area contributed by atoms with Crippen LogP contribution in [0.4, 0.5) is 16.2 Å². The number of carbonyl (C=O) groups excluding carboxylic acids is 2. The number of ether oxygens (including phenoxy) is 1. The summed E-state index contributed by atoms with van der Waals surface area (Å²) >= 11 is 7.35. The average molecular weight is 381 g/mol. The average Bonchev–Trinajstić information content (AvgIpc) is 2.91. The molecule has 25 heavy (non-hydrogen) atoms. The van der Waals surface area contributed by atoms with Crippen LogP contribution in [0.5, 0.6) is 0 Å². The third-order valence-electron chi connectivity index (χ3n) is 3.04. The third kappa shape index (κ3) is 7.15. The molecule has 134 valence electrons. The summed E-state index contributed by atoms with van der Waals surface area (Å²) in [4.78, 5) is 24.8. The first-order valence-corrected chi connectivity index (χ1v) is 9.05. The van der Waals surface area contributed by atoms with Crippen LogP contribution < -0.4 is 10.6 Å². The summed E-state index contributed by atoms with van der Waals surface area (Å²) < 4.78 is 5.91. The highest BCUT2D eigenvalue weighted by Gasteiger charge is 2.16. The van der Waals surface area contributed by atoms with Crippen LogP contribution in [0.3, 0.4) is 0 Å². The molecule has 0 saturated carbocycles. The Balaban J connectivity index is 1.81. The zero-order valence-corrected chi connectivity index (χ0v) is 16.0. The predicted molar refractivity (Wildman–Crippen MR) is 103 cm³/mol. The van der Waals surface area contributed by atoms with Crippen LogP contribution in [-0.4, -0.2) is 17.6 Å². The van der Waals surface area contributed by atoms with E-state index in [2.05, 4.69) is 10.6 Å². The number of anilines is 2. The first kappa shape index (κ1) is 19.3. The van der Waals surface area contributed by atoms with Crippen LogP contribution in [0.15, 0.2) is 36.4 Å². The van der Waals surface area contributed by atoms with E-state index in [0.717, 1.165) is 9.21 Å². The van der Waals surface area contributed by atoms with Crippen molar-refractivity contribution in [2.24, 2.45) is 0 Å². The van der Waals surface area contributed by atoms with Gasteiger partial charge in [0.05, 0.1) is 4.34 Å². The summed E-state index contributed by atoms with van der Waals surface area (Å²) in [6.07, 6.45) is 0.523. The molecule has 0 bridgehead atoms. The number of thiophene rings is 1. The summed E-state index contributed by atoms with van der Waals surface area (Å²) in [7, 11) is 0. The van der Waals surface area contributed by atoms with E-state index in [1.807, 2.05) is 12.1 Å². The van der Waals surface area contributed by atoms with Crippen LogP contribution in [-0.2, 0) is 16.0 Å². The molecule has 1 aromatic carbocycles. The van der Waals surface area contributed by atoms with Gasteiger partial charge < -0.3 is 10.1 Å². The molecule has 2 rings (SSSR count). The molecule has 2 amide bonds. The number of benzene rings is 1. The number of amides is 2. The van der Waals surface area contributed by atoms with Crippen LogP contribution in [0.2, 0.25) is 4.34 Å². The second kappa shape index (κ2) is 8.36. The van der Waals surface area contributed by atoms with E-state index in [4.69, 9.17) is 16.3 Å². The van der Waals surface area contributed by atoms with Gasteiger partial charge in [0.15, 0.2) is 0 Å². The SMILES string of the molecule is CC(C)(C)OC(=O)Nc1ccc(NC(=O)CCc2ccc(Cl)s2)cc1. The Bertz CT molecular complexity index is 736. The van der Waals surface area contributed by atoms with Crippen molar-refractivity contribution in [3.8, 4) is 0 Å². The molecule has 0 saturated heterocycles. The number of hydrogen-bond acceptors (Lipinski definition) is 4. The monoisotopic (exact) mass is 380 g/mol. The Labute approximate surface area is 156 Å². The molecule has 7 heteroatoms. The van der Waals surface area contributed by atoms with Gasteiger partial charge in [-0.25, -0.2) is 4.79 Å². The van der Waals surface area contributed by atoms with E-state index in [0.29, 0.717) is 24.2 Å². The molecule has 1 heterocycles. The zero-order chi connectivity index (χ0) is 18.4. The van der Waals surface area contributed by atoms with Crippen molar-refractivity contribution >= 4 is 46.3 Å². The fraction of sp³-hybridized carbons (Fsp3) is 0.333. The number of rotatable bonds is 5. The van der Waals surface area contributed by atoms with Gasteiger partial charge in [0.2, 0.25) is 5.91 Å². The molecule has 5 nitrogen and oxygen atoms in total. The van der Waals surface area contributed by atoms with E-state index in [9.17, 15) is 9.59 Å². The van der Waals surface area contributed by atoms with Gasteiger partial charge >= 0.3 is 6.09 Å². The van der Waals surface area contributed by atoms with Gasteiger partial charge in [0.1, 0.15) is 5.60 Å². The van der Waals surface area contributed by atoms with Crippen molar-refractivity contribution in [2.75, 3.05) is 10.6 Å². The molecule has 0 radical (unpaired) electrons. The largest absolute Gasteiger partial charge is 0.444 e. The molecule has 0 atom stereocenters. The topological polar surface area (TPSA) is 67.4 Å². The fourth-order valence-corrected chi connectivity index (χ4v) is 3.09. The van der Waals surface area contributed by atoms with Gasteiger partial charge in [-0.15, -0.1) is 11.3 Å². The minimum Gasteiger partial charge on any atom is -0.444 e. The Hall–Kier alpha value is -2.05. The quantitative estimate of drug-likeness (QED) is 0.737. The van der Waals surface area contributed by atoms with Crippen LogP contribution in [0.1, 0.15) is 32.1 Å². The van der Waals surface area contributed by atoms with Crippen molar-refractivity contribution in [1.29, 1.82) is 0 Å². The normalized spacial score (nSPS) is 11.0. The lowest BCUT2D eigenvalue weighted by Crippen LogP contribution is -2.27. The first-order chi connectivity index (χ1) is 11.7. The van der Waals surface area contributed by atoms with E-state index in [-0.39, 0.29) is 5.91 Å².